The topological polar surface area (TPSA) is 82.7 Å². The molecule has 1 aromatic rings. The molecule has 1 aromatic carbocycles. The Morgan fingerprint density at radius 2 is 1.82 bits per heavy atom. The molecule has 2 aliphatic heterocycles. The number of hydrogen-bond acceptors (Lipinski definition) is 5. The van der Waals surface area contributed by atoms with Crippen molar-refractivity contribution in [3.8, 4) is 0 Å². The fourth-order valence-corrected chi connectivity index (χ4v) is 3.26. The Morgan fingerprint density at radius 1 is 1.11 bits per heavy atom. The van der Waals surface area contributed by atoms with E-state index in [0.29, 0.717) is 38.4 Å². The van der Waals surface area contributed by atoms with E-state index in [1.807, 2.05) is 12.1 Å². The van der Waals surface area contributed by atoms with Gasteiger partial charge in [-0.3, -0.25) is 9.59 Å². The highest BCUT2D eigenvalue weighted by molar-refractivity contribution is 5.94. The number of rotatable bonds is 7. The van der Waals surface area contributed by atoms with Crippen molar-refractivity contribution in [1.82, 2.24) is 20.9 Å². The molecule has 28 heavy (non-hydrogen) atoms. The van der Waals surface area contributed by atoms with E-state index in [9.17, 15) is 9.59 Å². The number of ether oxygens (including phenoxy) is 1. The van der Waals surface area contributed by atoms with Gasteiger partial charge in [0.25, 0.3) is 5.91 Å². The summed E-state index contributed by atoms with van der Waals surface area (Å²) >= 11 is 0. The highest BCUT2D eigenvalue weighted by atomic mass is 35.5. The van der Waals surface area contributed by atoms with Gasteiger partial charge in [0.15, 0.2) is 0 Å². The molecule has 0 radical (unpaired) electrons. The third-order valence-corrected chi connectivity index (χ3v) is 4.83. The molecule has 3 N–H and O–H groups in total. The van der Waals surface area contributed by atoms with E-state index in [1.165, 1.54) is 12.8 Å². The number of nitrogens with one attached hydrogen (secondary N) is 3. The molecule has 1 unspecified atom stereocenters. The molecule has 2 fully saturated rings. The third kappa shape index (κ3) is 7.56. The van der Waals surface area contributed by atoms with Gasteiger partial charge in [-0.15, -0.1) is 24.8 Å². The fourth-order valence-electron chi connectivity index (χ4n) is 3.26. The van der Waals surface area contributed by atoms with E-state index in [0.717, 1.165) is 25.2 Å². The Labute approximate surface area is 178 Å². The molecule has 0 aliphatic carbocycles. The molecule has 0 saturated carbocycles. The van der Waals surface area contributed by atoms with Crippen molar-refractivity contribution in [2.45, 2.75) is 25.4 Å². The van der Waals surface area contributed by atoms with Gasteiger partial charge in [0.05, 0.1) is 13.2 Å². The molecular formula is C19H30Cl2N4O3. The number of hydrogen-bond donors (Lipinski definition) is 3. The van der Waals surface area contributed by atoms with Crippen molar-refractivity contribution < 1.29 is 14.3 Å². The minimum atomic E-state index is -0.288. The maximum absolute atomic E-state index is 12.2. The Morgan fingerprint density at radius 3 is 2.46 bits per heavy atom. The van der Waals surface area contributed by atoms with Crippen molar-refractivity contribution in [3.63, 3.8) is 0 Å². The zero-order valence-corrected chi connectivity index (χ0v) is 17.6. The van der Waals surface area contributed by atoms with Crippen molar-refractivity contribution in [2.24, 2.45) is 0 Å². The van der Waals surface area contributed by atoms with Crippen LogP contribution in [0.4, 0.5) is 0 Å². The van der Waals surface area contributed by atoms with E-state index in [4.69, 9.17) is 4.74 Å². The van der Waals surface area contributed by atoms with Crippen LogP contribution in [-0.4, -0.2) is 68.7 Å². The average Bonchev–Trinajstić information content (AvgIpc) is 3.20. The summed E-state index contributed by atoms with van der Waals surface area (Å²) in [5, 5.41) is 8.99. The summed E-state index contributed by atoms with van der Waals surface area (Å²) in [5.74, 6) is -0.114. The number of carbonyl (C=O) groups is 2. The molecule has 0 aromatic heterocycles. The molecule has 9 heteroatoms. The summed E-state index contributed by atoms with van der Waals surface area (Å²) in [6.07, 6.45) is 2.52. The van der Waals surface area contributed by atoms with Crippen molar-refractivity contribution in [1.29, 1.82) is 0 Å². The zero-order valence-electron chi connectivity index (χ0n) is 15.9. The molecule has 3 rings (SSSR count). The second-order valence-electron chi connectivity index (χ2n) is 6.80. The lowest BCUT2D eigenvalue weighted by Crippen LogP contribution is -2.51. The van der Waals surface area contributed by atoms with Gasteiger partial charge in [0, 0.05) is 31.7 Å². The number of morpholine rings is 1. The van der Waals surface area contributed by atoms with Gasteiger partial charge >= 0.3 is 0 Å². The van der Waals surface area contributed by atoms with Crippen LogP contribution in [0.25, 0.3) is 0 Å². The van der Waals surface area contributed by atoms with Gasteiger partial charge in [-0.25, -0.2) is 0 Å². The maximum atomic E-state index is 12.2. The minimum Gasteiger partial charge on any atom is -0.378 e. The van der Waals surface area contributed by atoms with E-state index >= 15 is 0 Å². The van der Waals surface area contributed by atoms with Crippen LogP contribution in [0.15, 0.2) is 24.3 Å². The van der Waals surface area contributed by atoms with E-state index in [2.05, 4.69) is 20.9 Å². The summed E-state index contributed by atoms with van der Waals surface area (Å²) < 4.78 is 5.29. The van der Waals surface area contributed by atoms with Crippen LogP contribution in [0, 0.1) is 0 Å². The average molecular weight is 433 g/mol. The van der Waals surface area contributed by atoms with Gasteiger partial charge in [0.1, 0.15) is 6.04 Å². The van der Waals surface area contributed by atoms with E-state index in [1.54, 1.807) is 12.1 Å². The van der Waals surface area contributed by atoms with Gasteiger partial charge in [-0.2, -0.15) is 0 Å². The molecule has 2 aliphatic rings. The van der Waals surface area contributed by atoms with Gasteiger partial charge in [-0.1, -0.05) is 12.1 Å². The summed E-state index contributed by atoms with van der Waals surface area (Å²) in [7, 11) is 0. The zero-order chi connectivity index (χ0) is 18.2. The number of nitrogens with zero attached hydrogens (tertiary/aromatic N) is 1. The molecule has 158 valence electrons. The molecule has 2 heterocycles. The number of amides is 2. The smallest absolute Gasteiger partial charge is 0.251 e. The van der Waals surface area contributed by atoms with Gasteiger partial charge in [-0.05, 0) is 43.6 Å². The second-order valence-corrected chi connectivity index (χ2v) is 6.80. The van der Waals surface area contributed by atoms with Crippen LogP contribution in [0.2, 0.25) is 0 Å². The molecule has 0 bridgehead atoms. The SMILES string of the molecule is Cl.Cl.O=C(NCCN1CCCC1)c1ccc(CNC(=O)C2COCCN2)cc1. The lowest BCUT2D eigenvalue weighted by molar-refractivity contribution is -0.126. The largest absolute Gasteiger partial charge is 0.378 e. The molecular weight excluding hydrogens is 403 g/mol. The lowest BCUT2D eigenvalue weighted by atomic mass is 10.1. The second kappa shape index (κ2) is 13.0. The summed E-state index contributed by atoms with van der Waals surface area (Å²) in [4.78, 5) is 26.6. The highest BCUT2D eigenvalue weighted by Crippen LogP contribution is 2.07. The van der Waals surface area contributed by atoms with Crippen LogP contribution in [0.3, 0.4) is 0 Å². The normalized spacial score (nSPS) is 19.2. The number of likely N-dealkylation sites (tertiary alicyclic amines) is 1. The number of carbonyl (C=O) groups excluding carboxylic acids is 2. The molecule has 1 atom stereocenters. The van der Waals surface area contributed by atoms with Crippen molar-refractivity contribution in [3.05, 3.63) is 35.4 Å². The monoisotopic (exact) mass is 432 g/mol. The first-order valence-corrected chi connectivity index (χ1v) is 9.41. The lowest BCUT2D eigenvalue weighted by Gasteiger charge is -2.22. The molecule has 2 amide bonds. The summed E-state index contributed by atoms with van der Waals surface area (Å²) in [6, 6.07) is 7.06. The van der Waals surface area contributed by atoms with Crippen LogP contribution in [-0.2, 0) is 16.1 Å². The van der Waals surface area contributed by atoms with E-state index < -0.39 is 0 Å². The Bertz CT molecular complexity index is 604. The van der Waals surface area contributed by atoms with Crippen molar-refractivity contribution >= 4 is 36.6 Å². The molecule has 7 nitrogen and oxygen atoms in total. The summed E-state index contributed by atoms with van der Waals surface area (Å²) in [5.41, 5.74) is 1.60. The standard InChI is InChI=1S/C19H28N4O3.2ClH/c24-18(21-7-11-23-9-1-2-10-23)16-5-3-15(4-6-16)13-22-19(25)17-14-26-12-8-20-17;;/h3-6,17,20H,1-2,7-14H2,(H,21,24)(H,22,25);2*1H. The first-order chi connectivity index (χ1) is 12.7. The highest BCUT2D eigenvalue weighted by Gasteiger charge is 2.20. The maximum Gasteiger partial charge on any atom is 0.251 e. The predicted molar refractivity (Wildman–Crippen MR) is 113 cm³/mol. The number of benzene rings is 1. The quantitative estimate of drug-likeness (QED) is 0.597. The predicted octanol–water partition coefficient (Wildman–Crippen LogP) is 0.960. The molecule has 2 saturated heterocycles. The van der Waals surface area contributed by atoms with Crippen molar-refractivity contribution in [2.75, 3.05) is 45.9 Å². The minimum absolute atomic E-state index is 0. The Hall–Kier alpha value is -1.38. The van der Waals surface area contributed by atoms with E-state index in [-0.39, 0.29) is 42.7 Å². The first-order valence-electron chi connectivity index (χ1n) is 9.41. The van der Waals surface area contributed by atoms with Crippen LogP contribution in [0.1, 0.15) is 28.8 Å². The van der Waals surface area contributed by atoms with Crippen LogP contribution in [0.5, 0.6) is 0 Å². The van der Waals surface area contributed by atoms with Crippen LogP contribution < -0.4 is 16.0 Å². The fraction of sp³-hybridized carbons (Fsp3) is 0.579. The Balaban J connectivity index is 0.00000196. The first kappa shape index (κ1) is 24.7. The Kier molecular flexibility index (Phi) is 11.4. The van der Waals surface area contributed by atoms with Gasteiger partial charge < -0.3 is 25.6 Å². The van der Waals surface area contributed by atoms with Gasteiger partial charge in [0.2, 0.25) is 5.91 Å². The number of halogens is 2. The third-order valence-electron chi connectivity index (χ3n) is 4.83. The van der Waals surface area contributed by atoms with Crippen LogP contribution >= 0.6 is 24.8 Å². The summed E-state index contributed by atoms with van der Waals surface area (Å²) in [6.45, 7) is 6.04. The molecule has 0 spiro atoms.